The average Bonchev–Trinajstić information content (AvgIpc) is 3.02. The number of urea groups is 1. The topological polar surface area (TPSA) is 59.6 Å². The molecule has 0 saturated carbocycles. The van der Waals surface area contributed by atoms with Gasteiger partial charge in [0.15, 0.2) is 0 Å². The number of ether oxygens (including phenoxy) is 2. The molecule has 114 valence electrons. The van der Waals surface area contributed by atoms with Crippen LogP contribution < -0.4 is 15.4 Å². The standard InChI is InChI=1S/C16H22N2O3/c1-11(14-7-4-9-20-14)17-16(19)18-13-8-10-21-15-6-3-2-5-12(13)15/h2-3,5-6,11,13-14H,4,7-10H2,1H3,(H2,17,18,19)/t11-,13-,14-/m0/s1. The Morgan fingerprint density at radius 3 is 2.95 bits per heavy atom. The summed E-state index contributed by atoms with van der Waals surface area (Å²) >= 11 is 0. The summed E-state index contributed by atoms with van der Waals surface area (Å²) in [5.74, 6) is 0.862. The number of nitrogens with one attached hydrogen (secondary N) is 2. The monoisotopic (exact) mass is 290 g/mol. The van der Waals surface area contributed by atoms with Crippen molar-refractivity contribution in [2.75, 3.05) is 13.2 Å². The van der Waals surface area contributed by atoms with E-state index in [1.54, 1.807) is 0 Å². The van der Waals surface area contributed by atoms with Crippen LogP contribution in [-0.4, -0.2) is 31.4 Å². The minimum Gasteiger partial charge on any atom is -0.493 e. The molecule has 2 aliphatic rings. The minimum atomic E-state index is -0.139. The van der Waals surface area contributed by atoms with E-state index in [0.717, 1.165) is 37.2 Å². The predicted molar refractivity (Wildman–Crippen MR) is 79.4 cm³/mol. The van der Waals surface area contributed by atoms with Crippen molar-refractivity contribution in [3.63, 3.8) is 0 Å². The maximum atomic E-state index is 12.2. The first kappa shape index (κ1) is 14.2. The Labute approximate surface area is 125 Å². The van der Waals surface area contributed by atoms with Gasteiger partial charge in [0.25, 0.3) is 0 Å². The average molecular weight is 290 g/mol. The van der Waals surface area contributed by atoms with E-state index in [1.165, 1.54) is 0 Å². The van der Waals surface area contributed by atoms with E-state index < -0.39 is 0 Å². The summed E-state index contributed by atoms with van der Waals surface area (Å²) in [5, 5.41) is 6.03. The number of benzene rings is 1. The summed E-state index contributed by atoms with van der Waals surface area (Å²) in [6.07, 6.45) is 3.02. The second-order valence-corrected chi connectivity index (χ2v) is 5.69. The number of hydrogen-bond acceptors (Lipinski definition) is 3. The Bertz CT molecular complexity index is 500. The molecule has 0 radical (unpaired) electrons. The van der Waals surface area contributed by atoms with E-state index in [9.17, 15) is 4.79 Å². The smallest absolute Gasteiger partial charge is 0.315 e. The number of amides is 2. The summed E-state index contributed by atoms with van der Waals surface area (Å²) in [7, 11) is 0. The molecule has 0 spiro atoms. The fourth-order valence-corrected chi connectivity index (χ4v) is 2.99. The molecular formula is C16H22N2O3. The van der Waals surface area contributed by atoms with Gasteiger partial charge in [0.2, 0.25) is 0 Å². The number of fused-ring (bicyclic) bond motifs is 1. The number of hydrogen-bond donors (Lipinski definition) is 2. The Balaban J connectivity index is 1.58. The molecule has 2 N–H and O–H groups in total. The second kappa shape index (κ2) is 6.35. The van der Waals surface area contributed by atoms with E-state index in [1.807, 2.05) is 31.2 Å². The van der Waals surface area contributed by atoms with Crippen molar-refractivity contribution in [1.82, 2.24) is 10.6 Å². The molecule has 2 heterocycles. The number of para-hydroxylation sites is 1. The van der Waals surface area contributed by atoms with Gasteiger partial charge in [-0.25, -0.2) is 4.79 Å². The Hall–Kier alpha value is -1.75. The number of rotatable bonds is 3. The van der Waals surface area contributed by atoms with Crippen LogP contribution in [0.15, 0.2) is 24.3 Å². The zero-order chi connectivity index (χ0) is 14.7. The molecule has 1 aromatic rings. The highest BCUT2D eigenvalue weighted by Crippen LogP contribution is 2.31. The van der Waals surface area contributed by atoms with Gasteiger partial charge in [-0.2, -0.15) is 0 Å². The zero-order valence-electron chi connectivity index (χ0n) is 12.3. The van der Waals surface area contributed by atoms with Crippen molar-refractivity contribution in [1.29, 1.82) is 0 Å². The Morgan fingerprint density at radius 2 is 2.14 bits per heavy atom. The summed E-state index contributed by atoms with van der Waals surface area (Å²) in [6.45, 7) is 3.42. The lowest BCUT2D eigenvalue weighted by Crippen LogP contribution is -2.47. The molecule has 5 nitrogen and oxygen atoms in total. The fraction of sp³-hybridized carbons (Fsp3) is 0.562. The summed E-state index contributed by atoms with van der Waals surface area (Å²) in [4.78, 5) is 12.2. The number of carbonyl (C=O) groups excluding carboxylic acids is 1. The first-order valence-corrected chi connectivity index (χ1v) is 7.64. The number of carbonyl (C=O) groups is 1. The van der Waals surface area contributed by atoms with E-state index in [0.29, 0.717) is 6.61 Å². The fourth-order valence-electron chi connectivity index (χ4n) is 2.99. The molecule has 1 fully saturated rings. The van der Waals surface area contributed by atoms with Crippen LogP contribution >= 0.6 is 0 Å². The van der Waals surface area contributed by atoms with E-state index in [2.05, 4.69) is 10.6 Å². The van der Waals surface area contributed by atoms with Gasteiger partial charge in [0.05, 0.1) is 24.8 Å². The minimum absolute atomic E-state index is 0.00615. The lowest BCUT2D eigenvalue weighted by atomic mass is 10.0. The van der Waals surface area contributed by atoms with Gasteiger partial charge in [-0.05, 0) is 25.8 Å². The second-order valence-electron chi connectivity index (χ2n) is 5.69. The van der Waals surface area contributed by atoms with Crippen molar-refractivity contribution < 1.29 is 14.3 Å². The van der Waals surface area contributed by atoms with Gasteiger partial charge >= 0.3 is 6.03 Å². The maximum Gasteiger partial charge on any atom is 0.315 e. The molecule has 3 rings (SSSR count). The first-order chi connectivity index (χ1) is 10.2. The predicted octanol–water partition coefficient (Wildman–Crippen LogP) is 2.38. The Morgan fingerprint density at radius 1 is 1.29 bits per heavy atom. The molecule has 5 heteroatoms. The molecule has 2 amide bonds. The first-order valence-electron chi connectivity index (χ1n) is 7.64. The van der Waals surface area contributed by atoms with Crippen molar-refractivity contribution in [3.05, 3.63) is 29.8 Å². The third-order valence-electron chi connectivity index (χ3n) is 4.15. The molecule has 0 aromatic heterocycles. The van der Waals surface area contributed by atoms with Gasteiger partial charge in [-0.3, -0.25) is 0 Å². The van der Waals surface area contributed by atoms with Crippen molar-refractivity contribution in [3.8, 4) is 5.75 Å². The zero-order valence-corrected chi connectivity index (χ0v) is 12.3. The van der Waals surface area contributed by atoms with Crippen LogP contribution in [0.4, 0.5) is 4.79 Å². The molecule has 0 aliphatic carbocycles. The molecule has 21 heavy (non-hydrogen) atoms. The largest absolute Gasteiger partial charge is 0.493 e. The summed E-state index contributed by atoms with van der Waals surface area (Å²) in [6, 6.07) is 7.75. The van der Waals surface area contributed by atoms with E-state index in [-0.39, 0.29) is 24.2 Å². The molecule has 1 saturated heterocycles. The van der Waals surface area contributed by atoms with Crippen molar-refractivity contribution in [2.45, 2.75) is 44.4 Å². The highest BCUT2D eigenvalue weighted by molar-refractivity contribution is 5.75. The molecule has 0 bridgehead atoms. The molecule has 2 aliphatic heterocycles. The lowest BCUT2D eigenvalue weighted by molar-refractivity contribution is 0.0857. The quantitative estimate of drug-likeness (QED) is 0.898. The molecular weight excluding hydrogens is 268 g/mol. The van der Waals surface area contributed by atoms with E-state index in [4.69, 9.17) is 9.47 Å². The van der Waals surface area contributed by atoms with Crippen LogP contribution in [0.25, 0.3) is 0 Å². The van der Waals surface area contributed by atoms with Crippen LogP contribution in [0.1, 0.15) is 37.8 Å². The molecule has 1 aromatic carbocycles. The van der Waals surface area contributed by atoms with Crippen LogP contribution in [-0.2, 0) is 4.74 Å². The SMILES string of the molecule is C[C@H](NC(=O)N[C@H]1CCOc2ccccc21)[C@@H]1CCCO1. The van der Waals surface area contributed by atoms with Gasteiger partial charge in [-0.1, -0.05) is 18.2 Å². The molecule has 0 unspecified atom stereocenters. The highest BCUT2D eigenvalue weighted by Gasteiger charge is 2.26. The Kier molecular flexibility index (Phi) is 4.29. The van der Waals surface area contributed by atoms with Crippen LogP contribution in [0.3, 0.4) is 0 Å². The van der Waals surface area contributed by atoms with Gasteiger partial charge < -0.3 is 20.1 Å². The third kappa shape index (κ3) is 3.29. The summed E-state index contributed by atoms with van der Waals surface area (Å²) < 4.78 is 11.2. The van der Waals surface area contributed by atoms with Gasteiger partial charge in [0, 0.05) is 18.6 Å². The van der Waals surface area contributed by atoms with Crippen molar-refractivity contribution >= 4 is 6.03 Å². The maximum absolute atomic E-state index is 12.2. The van der Waals surface area contributed by atoms with Crippen LogP contribution in [0.2, 0.25) is 0 Å². The van der Waals surface area contributed by atoms with Crippen LogP contribution in [0.5, 0.6) is 5.75 Å². The lowest BCUT2D eigenvalue weighted by Gasteiger charge is -2.28. The van der Waals surface area contributed by atoms with Gasteiger partial charge in [-0.15, -0.1) is 0 Å². The molecule has 3 atom stereocenters. The van der Waals surface area contributed by atoms with E-state index >= 15 is 0 Å². The van der Waals surface area contributed by atoms with Gasteiger partial charge in [0.1, 0.15) is 5.75 Å². The normalized spacial score (nSPS) is 25.6. The summed E-state index contributed by atoms with van der Waals surface area (Å²) in [5.41, 5.74) is 1.05. The third-order valence-corrected chi connectivity index (χ3v) is 4.15. The van der Waals surface area contributed by atoms with Crippen LogP contribution in [0, 0.1) is 0 Å². The van der Waals surface area contributed by atoms with Crippen molar-refractivity contribution in [2.24, 2.45) is 0 Å². The highest BCUT2D eigenvalue weighted by atomic mass is 16.5.